The molecule has 0 aliphatic carbocycles. The Kier molecular flexibility index (Phi) is 5.65. The first-order chi connectivity index (χ1) is 12.5. The van der Waals surface area contributed by atoms with Gasteiger partial charge in [0.2, 0.25) is 5.91 Å². The normalized spacial score (nSPS) is 15.5. The molecule has 0 bridgehead atoms. The molecule has 3 amide bonds. The maximum Gasteiger partial charge on any atom is 0.294 e. The van der Waals surface area contributed by atoms with Crippen LogP contribution in [-0.2, 0) is 9.59 Å². The third-order valence-corrected chi connectivity index (χ3v) is 5.26. The number of Topliss-reactive ketones (excluding diaryl/α,β-unsaturated/α-hetero) is 1. The van der Waals surface area contributed by atoms with Crippen molar-refractivity contribution in [2.24, 2.45) is 0 Å². The number of carbonyl (C=O) groups excluding carboxylic acids is 4. The molecule has 1 fully saturated rings. The highest BCUT2D eigenvalue weighted by molar-refractivity contribution is 8.18. The molecule has 26 heavy (non-hydrogen) atoms. The van der Waals surface area contributed by atoms with Crippen LogP contribution in [0, 0.1) is 0 Å². The van der Waals surface area contributed by atoms with Gasteiger partial charge in [-0.2, -0.15) is 0 Å². The number of ketones is 1. The van der Waals surface area contributed by atoms with Crippen molar-refractivity contribution in [2.75, 3.05) is 13.1 Å². The molecule has 1 aromatic carbocycles. The summed E-state index contributed by atoms with van der Waals surface area (Å²) in [4.78, 5) is 50.3. The molecule has 2 heterocycles. The summed E-state index contributed by atoms with van der Waals surface area (Å²) in [7, 11) is 0. The largest absolute Gasteiger partial charge is 0.347 e. The molecule has 0 atom stereocenters. The molecule has 132 valence electrons. The highest BCUT2D eigenvalue weighted by Crippen LogP contribution is 2.32. The van der Waals surface area contributed by atoms with Crippen molar-refractivity contribution in [1.29, 1.82) is 0 Å². The molecule has 1 aromatic heterocycles. The van der Waals surface area contributed by atoms with Crippen LogP contribution in [0.3, 0.4) is 0 Å². The van der Waals surface area contributed by atoms with E-state index in [0.29, 0.717) is 5.56 Å². The quantitative estimate of drug-likeness (QED) is 0.610. The van der Waals surface area contributed by atoms with E-state index in [0.717, 1.165) is 21.5 Å². The Bertz CT molecular complexity index is 876. The number of thiophene rings is 1. The first-order valence-electron chi connectivity index (χ1n) is 7.68. The minimum atomic E-state index is -0.561. The zero-order valence-corrected chi connectivity index (χ0v) is 15.1. The van der Waals surface area contributed by atoms with Gasteiger partial charge in [0.05, 0.1) is 11.4 Å². The summed E-state index contributed by atoms with van der Waals surface area (Å²) in [5.74, 6) is -1.31. The SMILES string of the molecule is O=C(CN1C(=O)S/C(=C/c2cccs2)C1=O)NCC(=O)c1ccccc1. The molecule has 8 heteroatoms. The number of hydrogen-bond acceptors (Lipinski definition) is 6. The molecule has 0 saturated carbocycles. The maximum atomic E-state index is 12.3. The zero-order chi connectivity index (χ0) is 18.5. The average molecular weight is 386 g/mol. The van der Waals surface area contributed by atoms with Crippen molar-refractivity contribution in [2.45, 2.75) is 0 Å². The predicted molar refractivity (Wildman–Crippen MR) is 101 cm³/mol. The van der Waals surface area contributed by atoms with Crippen LogP contribution < -0.4 is 5.32 Å². The summed E-state index contributed by atoms with van der Waals surface area (Å²) in [5, 5.41) is 3.82. The van der Waals surface area contributed by atoms with E-state index in [2.05, 4.69) is 5.32 Å². The minimum absolute atomic E-state index is 0.190. The smallest absolute Gasteiger partial charge is 0.294 e. The van der Waals surface area contributed by atoms with Crippen molar-refractivity contribution in [3.05, 3.63) is 63.2 Å². The summed E-state index contributed by atoms with van der Waals surface area (Å²) >= 11 is 2.25. The fourth-order valence-electron chi connectivity index (χ4n) is 2.24. The number of nitrogens with zero attached hydrogens (tertiary/aromatic N) is 1. The van der Waals surface area contributed by atoms with Crippen LogP contribution in [0.5, 0.6) is 0 Å². The third kappa shape index (κ3) is 4.27. The fourth-order valence-corrected chi connectivity index (χ4v) is 3.80. The first kappa shape index (κ1) is 18.1. The molecule has 0 radical (unpaired) electrons. The zero-order valence-electron chi connectivity index (χ0n) is 13.5. The first-order valence-corrected chi connectivity index (χ1v) is 9.38. The van der Waals surface area contributed by atoms with Crippen LogP contribution in [0.4, 0.5) is 4.79 Å². The van der Waals surface area contributed by atoms with Crippen LogP contribution in [-0.4, -0.2) is 40.8 Å². The van der Waals surface area contributed by atoms with Gasteiger partial charge in [-0.25, -0.2) is 0 Å². The number of thioether (sulfide) groups is 1. The third-order valence-electron chi connectivity index (χ3n) is 3.53. The second kappa shape index (κ2) is 8.11. The van der Waals surface area contributed by atoms with Gasteiger partial charge in [0, 0.05) is 10.4 Å². The van der Waals surface area contributed by atoms with Gasteiger partial charge >= 0.3 is 0 Å². The summed E-state index contributed by atoms with van der Waals surface area (Å²) in [6.45, 7) is -0.599. The van der Waals surface area contributed by atoms with Gasteiger partial charge in [-0.15, -0.1) is 11.3 Å². The van der Waals surface area contributed by atoms with E-state index in [1.54, 1.807) is 36.4 Å². The van der Waals surface area contributed by atoms with Gasteiger partial charge < -0.3 is 5.32 Å². The second-order valence-corrected chi connectivity index (χ2v) is 7.32. The lowest BCUT2D eigenvalue weighted by Crippen LogP contribution is -2.41. The molecule has 0 spiro atoms. The van der Waals surface area contributed by atoms with Crippen molar-refractivity contribution in [1.82, 2.24) is 10.2 Å². The van der Waals surface area contributed by atoms with Crippen LogP contribution in [0.1, 0.15) is 15.2 Å². The Hall–Kier alpha value is -2.71. The highest BCUT2D eigenvalue weighted by Gasteiger charge is 2.36. The molecule has 2 aromatic rings. The number of imide groups is 1. The molecular formula is C18H14N2O4S2. The van der Waals surface area contributed by atoms with Crippen LogP contribution in [0.25, 0.3) is 6.08 Å². The Balaban J connectivity index is 1.56. The van der Waals surface area contributed by atoms with Crippen LogP contribution >= 0.6 is 23.1 Å². The van der Waals surface area contributed by atoms with Gasteiger partial charge in [0.15, 0.2) is 5.78 Å². The molecule has 3 rings (SSSR count). The summed E-state index contributed by atoms with van der Waals surface area (Å²) in [6.07, 6.45) is 1.63. The number of hydrogen-bond donors (Lipinski definition) is 1. The van der Waals surface area contributed by atoms with Gasteiger partial charge in [-0.3, -0.25) is 24.1 Å². The number of rotatable bonds is 6. The standard InChI is InChI=1S/C18H14N2O4S2/c21-14(12-5-2-1-3-6-12)10-19-16(22)11-20-17(23)15(26-18(20)24)9-13-7-4-8-25-13/h1-9H,10-11H2,(H,19,22)/b15-9+. The molecular weight excluding hydrogens is 372 g/mol. The van der Waals surface area contributed by atoms with E-state index in [1.807, 2.05) is 17.5 Å². The van der Waals surface area contributed by atoms with E-state index >= 15 is 0 Å². The lowest BCUT2D eigenvalue weighted by molar-refractivity contribution is -0.129. The van der Waals surface area contributed by atoms with E-state index in [-0.39, 0.29) is 17.2 Å². The summed E-state index contributed by atoms with van der Waals surface area (Å²) < 4.78 is 0. The topological polar surface area (TPSA) is 83.6 Å². The number of benzene rings is 1. The van der Waals surface area contributed by atoms with Crippen molar-refractivity contribution >= 4 is 52.0 Å². The Labute approximate surface area is 157 Å². The van der Waals surface area contributed by atoms with Crippen molar-refractivity contribution in [3.8, 4) is 0 Å². The minimum Gasteiger partial charge on any atom is -0.347 e. The predicted octanol–water partition coefficient (Wildman–Crippen LogP) is 2.78. The van der Waals surface area contributed by atoms with E-state index in [4.69, 9.17) is 0 Å². The Morgan fingerprint density at radius 3 is 2.54 bits per heavy atom. The summed E-state index contributed by atoms with van der Waals surface area (Å²) in [6, 6.07) is 12.2. The highest BCUT2D eigenvalue weighted by atomic mass is 32.2. The maximum absolute atomic E-state index is 12.3. The molecule has 1 N–H and O–H groups in total. The van der Waals surface area contributed by atoms with E-state index < -0.39 is 23.6 Å². The lowest BCUT2D eigenvalue weighted by atomic mass is 10.1. The molecule has 6 nitrogen and oxygen atoms in total. The lowest BCUT2D eigenvalue weighted by Gasteiger charge is -2.12. The number of nitrogens with one attached hydrogen (secondary N) is 1. The second-order valence-electron chi connectivity index (χ2n) is 5.35. The van der Waals surface area contributed by atoms with Gasteiger partial charge in [0.1, 0.15) is 6.54 Å². The monoisotopic (exact) mass is 386 g/mol. The molecule has 1 aliphatic rings. The van der Waals surface area contributed by atoms with Crippen molar-refractivity contribution < 1.29 is 19.2 Å². The molecule has 1 aliphatic heterocycles. The fraction of sp³-hybridized carbons (Fsp3) is 0.111. The molecule has 1 saturated heterocycles. The van der Waals surface area contributed by atoms with E-state index in [1.165, 1.54) is 11.3 Å². The molecule has 0 unspecified atom stereocenters. The Morgan fingerprint density at radius 2 is 1.85 bits per heavy atom. The van der Waals surface area contributed by atoms with Crippen LogP contribution in [0.2, 0.25) is 0 Å². The van der Waals surface area contributed by atoms with E-state index in [9.17, 15) is 19.2 Å². The number of carbonyl (C=O) groups is 4. The van der Waals surface area contributed by atoms with Gasteiger partial charge in [0.25, 0.3) is 11.1 Å². The van der Waals surface area contributed by atoms with Gasteiger partial charge in [-0.05, 0) is 29.3 Å². The Morgan fingerprint density at radius 1 is 1.08 bits per heavy atom. The van der Waals surface area contributed by atoms with Crippen LogP contribution in [0.15, 0.2) is 52.7 Å². The number of amides is 3. The summed E-state index contributed by atoms with van der Waals surface area (Å²) in [5.41, 5.74) is 0.484. The van der Waals surface area contributed by atoms with Crippen molar-refractivity contribution in [3.63, 3.8) is 0 Å². The average Bonchev–Trinajstić information content (AvgIpc) is 3.25. The van der Waals surface area contributed by atoms with Gasteiger partial charge in [-0.1, -0.05) is 36.4 Å².